The van der Waals surface area contributed by atoms with E-state index in [2.05, 4.69) is 10.3 Å². The van der Waals surface area contributed by atoms with Crippen molar-refractivity contribution in [2.75, 3.05) is 5.32 Å². The van der Waals surface area contributed by atoms with Gasteiger partial charge in [0.1, 0.15) is 0 Å². The van der Waals surface area contributed by atoms with Crippen molar-refractivity contribution in [3.05, 3.63) is 23.5 Å². The molecule has 0 aromatic carbocycles. The average Bonchev–Trinajstić information content (AvgIpc) is 2.32. The maximum absolute atomic E-state index is 11.0. The lowest BCUT2D eigenvalue weighted by Crippen LogP contribution is -2.31. The zero-order valence-electron chi connectivity index (χ0n) is 9.40. The van der Waals surface area contributed by atoms with E-state index in [1.54, 1.807) is 6.20 Å². The highest BCUT2D eigenvalue weighted by molar-refractivity contribution is 6.31. The number of hydrogen-bond acceptors (Lipinski definition) is 3. The summed E-state index contributed by atoms with van der Waals surface area (Å²) in [5.41, 5.74) is 0.783. The van der Waals surface area contributed by atoms with Gasteiger partial charge in [0.15, 0.2) is 5.15 Å². The van der Waals surface area contributed by atoms with E-state index in [9.17, 15) is 4.79 Å². The fraction of sp³-hybridized carbons (Fsp3) is 0.500. The van der Waals surface area contributed by atoms with E-state index in [4.69, 9.17) is 16.7 Å². The van der Waals surface area contributed by atoms with Crippen LogP contribution in [0.2, 0.25) is 5.15 Å². The second-order valence-electron chi connectivity index (χ2n) is 4.38. The van der Waals surface area contributed by atoms with Gasteiger partial charge in [-0.05, 0) is 31.4 Å². The van der Waals surface area contributed by atoms with Gasteiger partial charge in [0.25, 0.3) is 0 Å². The molecular weight excluding hydrogens is 240 g/mol. The van der Waals surface area contributed by atoms with Crippen LogP contribution in [0, 0.1) is 5.92 Å². The van der Waals surface area contributed by atoms with Crippen molar-refractivity contribution in [3.8, 4) is 0 Å². The second kappa shape index (κ2) is 5.36. The van der Waals surface area contributed by atoms with E-state index in [1.807, 2.05) is 12.1 Å². The molecule has 1 heterocycles. The Kier molecular flexibility index (Phi) is 3.84. The van der Waals surface area contributed by atoms with E-state index in [-0.39, 0.29) is 12.0 Å². The van der Waals surface area contributed by atoms with Gasteiger partial charge >= 0.3 is 5.97 Å². The molecule has 2 N–H and O–H groups in total. The fourth-order valence-electron chi connectivity index (χ4n) is 2.26. The average molecular weight is 255 g/mol. The summed E-state index contributed by atoms with van der Waals surface area (Å²) >= 11 is 5.95. The zero-order valence-corrected chi connectivity index (χ0v) is 10.2. The second-order valence-corrected chi connectivity index (χ2v) is 4.74. The van der Waals surface area contributed by atoms with Crippen LogP contribution in [0.1, 0.15) is 25.7 Å². The van der Waals surface area contributed by atoms with Crippen LogP contribution in [0.25, 0.3) is 0 Å². The van der Waals surface area contributed by atoms with Crippen molar-refractivity contribution in [2.45, 2.75) is 31.7 Å². The lowest BCUT2D eigenvalue weighted by molar-refractivity contribution is -0.142. The summed E-state index contributed by atoms with van der Waals surface area (Å²) in [6.45, 7) is 0. The van der Waals surface area contributed by atoms with Gasteiger partial charge < -0.3 is 10.4 Å². The Labute approximate surface area is 105 Å². The third-order valence-corrected chi connectivity index (χ3v) is 3.44. The predicted octanol–water partition coefficient (Wildman–Crippen LogP) is 2.79. The molecule has 1 aliphatic rings. The van der Waals surface area contributed by atoms with Gasteiger partial charge in [-0.2, -0.15) is 0 Å². The molecule has 0 aliphatic heterocycles. The SMILES string of the molecule is O=C(O)C1CCCC(Nc2cccnc2Cl)C1. The highest BCUT2D eigenvalue weighted by Crippen LogP contribution is 2.28. The number of halogens is 1. The quantitative estimate of drug-likeness (QED) is 0.815. The normalized spacial score (nSPS) is 24.3. The number of carboxylic acids is 1. The third-order valence-electron chi connectivity index (χ3n) is 3.14. The predicted molar refractivity (Wildman–Crippen MR) is 66.3 cm³/mol. The number of aromatic nitrogens is 1. The molecule has 4 nitrogen and oxygen atoms in total. The Morgan fingerprint density at radius 1 is 1.53 bits per heavy atom. The zero-order chi connectivity index (χ0) is 12.3. The fourth-order valence-corrected chi connectivity index (χ4v) is 2.43. The van der Waals surface area contributed by atoms with Gasteiger partial charge in [-0.15, -0.1) is 0 Å². The standard InChI is InChI=1S/C12H15ClN2O2/c13-11-10(5-2-6-14-11)15-9-4-1-3-8(7-9)12(16)17/h2,5-6,8-9,15H,1,3-4,7H2,(H,16,17). The summed E-state index contributed by atoms with van der Waals surface area (Å²) in [5, 5.41) is 12.7. The number of anilines is 1. The molecule has 0 spiro atoms. The first kappa shape index (κ1) is 12.2. The molecular formula is C12H15ClN2O2. The maximum atomic E-state index is 11.0. The number of pyridine rings is 1. The highest BCUT2D eigenvalue weighted by Gasteiger charge is 2.27. The Bertz CT molecular complexity index is 411. The molecule has 5 heteroatoms. The molecule has 2 rings (SSSR count). The summed E-state index contributed by atoms with van der Waals surface area (Å²) in [6.07, 6.45) is 4.98. The van der Waals surface area contributed by atoms with Crippen LogP contribution in [0.15, 0.2) is 18.3 Å². The minimum Gasteiger partial charge on any atom is -0.481 e. The first-order valence-corrected chi connectivity index (χ1v) is 6.14. The van der Waals surface area contributed by atoms with Crippen LogP contribution >= 0.6 is 11.6 Å². The molecule has 0 radical (unpaired) electrons. The van der Waals surface area contributed by atoms with Gasteiger partial charge in [-0.3, -0.25) is 4.79 Å². The van der Waals surface area contributed by atoms with Crippen LogP contribution < -0.4 is 5.32 Å². The molecule has 1 saturated carbocycles. The number of nitrogens with one attached hydrogen (secondary N) is 1. The van der Waals surface area contributed by atoms with Gasteiger partial charge in [-0.1, -0.05) is 18.0 Å². The van der Waals surface area contributed by atoms with Crippen LogP contribution in [-0.4, -0.2) is 22.1 Å². The summed E-state index contributed by atoms with van der Waals surface area (Å²) < 4.78 is 0. The molecule has 2 unspecified atom stereocenters. The summed E-state index contributed by atoms with van der Waals surface area (Å²) in [7, 11) is 0. The number of nitrogens with zero attached hydrogens (tertiary/aromatic N) is 1. The molecule has 2 atom stereocenters. The Hall–Kier alpha value is -1.29. The lowest BCUT2D eigenvalue weighted by atomic mass is 9.86. The molecule has 1 aliphatic carbocycles. The number of hydrogen-bond donors (Lipinski definition) is 2. The number of rotatable bonds is 3. The van der Waals surface area contributed by atoms with Crippen LogP contribution in [0.4, 0.5) is 5.69 Å². The molecule has 0 saturated heterocycles. The van der Waals surface area contributed by atoms with E-state index >= 15 is 0 Å². The number of carbonyl (C=O) groups is 1. The monoisotopic (exact) mass is 254 g/mol. The van der Waals surface area contributed by atoms with E-state index in [1.165, 1.54) is 0 Å². The largest absolute Gasteiger partial charge is 0.481 e. The molecule has 17 heavy (non-hydrogen) atoms. The van der Waals surface area contributed by atoms with Crippen molar-refractivity contribution in [1.82, 2.24) is 4.98 Å². The van der Waals surface area contributed by atoms with Crippen molar-refractivity contribution in [3.63, 3.8) is 0 Å². The first-order valence-electron chi connectivity index (χ1n) is 5.76. The van der Waals surface area contributed by atoms with Crippen molar-refractivity contribution >= 4 is 23.3 Å². The number of aliphatic carboxylic acids is 1. The Morgan fingerprint density at radius 3 is 3.06 bits per heavy atom. The number of carboxylic acid groups (broad SMARTS) is 1. The van der Waals surface area contributed by atoms with Gasteiger partial charge in [0.05, 0.1) is 11.6 Å². The molecule has 1 fully saturated rings. The van der Waals surface area contributed by atoms with Crippen molar-refractivity contribution < 1.29 is 9.90 Å². The highest BCUT2D eigenvalue weighted by atomic mass is 35.5. The summed E-state index contributed by atoms with van der Waals surface area (Å²) in [5.74, 6) is -0.939. The topological polar surface area (TPSA) is 62.2 Å². The maximum Gasteiger partial charge on any atom is 0.306 e. The molecule has 92 valence electrons. The smallest absolute Gasteiger partial charge is 0.306 e. The Morgan fingerprint density at radius 2 is 2.35 bits per heavy atom. The molecule has 0 bridgehead atoms. The minimum atomic E-state index is -0.700. The van der Waals surface area contributed by atoms with Gasteiger partial charge in [0.2, 0.25) is 0 Å². The lowest BCUT2D eigenvalue weighted by Gasteiger charge is -2.28. The van der Waals surface area contributed by atoms with E-state index in [0.29, 0.717) is 11.6 Å². The first-order chi connectivity index (χ1) is 8.16. The van der Waals surface area contributed by atoms with Crippen molar-refractivity contribution in [1.29, 1.82) is 0 Å². The van der Waals surface area contributed by atoms with E-state index < -0.39 is 5.97 Å². The van der Waals surface area contributed by atoms with Crippen LogP contribution in [0.3, 0.4) is 0 Å². The van der Waals surface area contributed by atoms with Gasteiger partial charge in [0, 0.05) is 12.2 Å². The van der Waals surface area contributed by atoms with Crippen molar-refractivity contribution in [2.24, 2.45) is 5.92 Å². The van der Waals surface area contributed by atoms with Crippen LogP contribution in [-0.2, 0) is 4.79 Å². The molecule has 0 amide bonds. The van der Waals surface area contributed by atoms with Crippen LogP contribution in [0.5, 0.6) is 0 Å². The molecule has 1 aromatic rings. The van der Waals surface area contributed by atoms with Gasteiger partial charge in [-0.25, -0.2) is 4.98 Å². The minimum absolute atomic E-state index is 0.173. The third kappa shape index (κ3) is 3.09. The van der Waals surface area contributed by atoms with E-state index in [0.717, 1.165) is 24.9 Å². The Balaban J connectivity index is 1.99. The summed E-state index contributed by atoms with van der Waals surface area (Å²) in [6, 6.07) is 3.84. The summed E-state index contributed by atoms with van der Waals surface area (Å²) in [4.78, 5) is 14.9. The molecule has 1 aromatic heterocycles.